The van der Waals surface area contributed by atoms with Crippen LogP contribution in [-0.2, 0) is 9.59 Å². The Labute approximate surface area is 186 Å². The molecule has 0 unspecified atom stereocenters. The molecule has 0 heterocycles. The van der Waals surface area contributed by atoms with Crippen molar-refractivity contribution in [3.63, 3.8) is 0 Å². The Hall–Kier alpha value is -4.42. The number of nitrogens with two attached hydrogens (primary N) is 2. The number of primary amides is 2. The molecule has 0 bridgehead atoms. The molecule has 6 heteroatoms. The standard InChI is InChI=1S/C11H11.C4H7NO.C4H5N.C3H5NO.C3H3N/c1-3-7-10(2)11-8-5-4-6-9-11;1-3(2)4(5)6;1-4(2)3-5;1-2-3(4)5;1-2-3-4/h1,3-9H,2H3;1H2,2H3,(H2,5,6);1H2,2H3;2H,1H2,(H2,4,5);2H,1H2. The molecule has 0 aliphatic rings. The highest BCUT2D eigenvalue weighted by atomic mass is 16.1. The van der Waals surface area contributed by atoms with Crippen LogP contribution in [0.1, 0.15) is 26.3 Å². The van der Waals surface area contributed by atoms with Gasteiger partial charge in [0.15, 0.2) is 0 Å². The Kier molecular flexibility index (Phi) is 28.1. The molecule has 1 rings (SSSR count). The van der Waals surface area contributed by atoms with Gasteiger partial charge in [-0.2, -0.15) is 10.5 Å². The average Bonchev–Trinajstić information content (AvgIpc) is 2.75. The predicted molar refractivity (Wildman–Crippen MR) is 129 cm³/mol. The highest BCUT2D eigenvalue weighted by molar-refractivity contribution is 5.90. The largest absolute Gasteiger partial charge is 0.366 e. The van der Waals surface area contributed by atoms with Crippen LogP contribution < -0.4 is 11.5 Å². The van der Waals surface area contributed by atoms with E-state index in [1.54, 1.807) is 26.0 Å². The second-order valence-electron chi connectivity index (χ2n) is 5.38. The van der Waals surface area contributed by atoms with Gasteiger partial charge in [-0.25, -0.2) is 0 Å². The molecular weight excluding hydrogens is 388 g/mol. The summed E-state index contributed by atoms with van der Waals surface area (Å²) in [6, 6.07) is 13.7. The van der Waals surface area contributed by atoms with Gasteiger partial charge in [-0.1, -0.05) is 75.4 Å². The molecule has 0 fully saturated rings. The van der Waals surface area contributed by atoms with Gasteiger partial charge in [0, 0.05) is 17.2 Å². The van der Waals surface area contributed by atoms with Crippen molar-refractivity contribution in [1.29, 1.82) is 10.5 Å². The van der Waals surface area contributed by atoms with Crippen molar-refractivity contribution in [2.45, 2.75) is 20.8 Å². The Morgan fingerprint density at radius 2 is 1.39 bits per heavy atom. The van der Waals surface area contributed by atoms with Gasteiger partial charge in [0.1, 0.15) is 0 Å². The number of allylic oxidation sites excluding steroid dienone is 5. The van der Waals surface area contributed by atoms with E-state index >= 15 is 0 Å². The van der Waals surface area contributed by atoms with Crippen LogP contribution >= 0.6 is 0 Å². The van der Waals surface area contributed by atoms with Gasteiger partial charge in [0.25, 0.3) is 0 Å². The summed E-state index contributed by atoms with van der Waals surface area (Å²) in [4.78, 5) is 19.3. The summed E-state index contributed by atoms with van der Waals surface area (Å²) in [5.41, 5.74) is 12.6. The zero-order valence-electron chi connectivity index (χ0n) is 18.5. The third-order valence-electron chi connectivity index (χ3n) is 2.48. The first-order valence-electron chi connectivity index (χ1n) is 8.65. The molecular formula is C25H31N4O2. The number of nitrogens with zero attached hydrogens (tertiary/aromatic N) is 2. The summed E-state index contributed by atoms with van der Waals surface area (Å²) in [5.74, 6) is -0.917. The third-order valence-corrected chi connectivity index (χ3v) is 2.48. The number of hydrogen-bond acceptors (Lipinski definition) is 4. The van der Waals surface area contributed by atoms with Crippen molar-refractivity contribution in [2.75, 3.05) is 0 Å². The SMILES string of the molecule is C=C(C)C#N.C=C(C)C(N)=O.C=CC#N.C=CC(N)=O.[CH]=CC=C(C)c1ccccc1. The summed E-state index contributed by atoms with van der Waals surface area (Å²) in [7, 11) is 0. The molecule has 4 N–H and O–H groups in total. The molecule has 1 radical (unpaired) electrons. The number of hydrogen-bond donors (Lipinski definition) is 2. The van der Waals surface area contributed by atoms with E-state index in [9.17, 15) is 9.59 Å². The Morgan fingerprint density at radius 1 is 1.03 bits per heavy atom. The van der Waals surface area contributed by atoms with Crippen LogP contribution in [0.2, 0.25) is 0 Å². The molecule has 1 aromatic rings. The van der Waals surface area contributed by atoms with E-state index in [2.05, 4.69) is 44.2 Å². The molecule has 31 heavy (non-hydrogen) atoms. The van der Waals surface area contributed by atoms with Crippen LogP contribution in [0.25, 0.3) is 5.57 Å². The molecule has 6 nitrogen and oxygen atoms in total. The average molecular weight is 420 g/mol. The molecule has 0 aliphatic heterocycles. The fourth-order valence-corrected chi connectivity index (χ4v) is 0.942. The Morgan fingerprint density at radius 3 is 1.58 bits per heavy atom. The van der Waals surface area contributed by atoms with Crippen LogP contribution in [0.15, 0.2) is 92.1 Å². The maximum absolute atomic E-state index is 9.82. The van der Waals surface area contributed by atoms with E-state index in [4.69, 9.17) is 22.8 Å². The first-order chi connectivity index (χ1) is 14.4. The van der Waals surface area contributed by atoms with Crippen molar-refractivity contribution in [3.05, 3.63) is 104 Å². The zero-order chi connectivity index (χ0) is 25.2. The predicted octanol–water partition coefficient (Wildman–Crippen LogP) is 4.57. The molecule has 0 atom stereocenters. The number of amides is 2. The summed E-state index contributed by atoms with van der Waals surface area (Å²) < 4.78 is 0. The van der Waals surface area contributed by atoms with Crippen LogP contribution in [0, 0.1) is 29.2 Å². The van der Waals surface area contributed by atoms with E-state index in [0.29, 0.717) is 11.1 Å². The number of nitriles is 2. The molecule has 163 valence electrons. The Bertz CT molecular complexity index is 825. The van der Waals surface area contributed by atoms with Gasteiger partial charge in [0.2, 0.25) is 11.8 Å². The van der Waals surface area contributed by atoms with Crippen molar-refractivity contribution in [1.82, 2.24) is 0 Å². The first kappa shape index (κ1) is 34.1. The van der Waals surface area contributed by atoms with Gasteiger partial charge >= 0.3 is 0 Å². The number of carbonyl (C=O) groups is 2. The number of carbonyl (C=O) groups excluding carboxylic acids is 2. The minimum Gasteiger partial charge on any atom is -0.366 e. The molecule has 0 saturated carbocycles. The number of benzene rings is 1. The van der Waals surface area contributed by atoms with Crippen LogP contribution in [0.5, 0.6) is 0 Å². The van der Waals surface area contributed by atoms with Crippen LogP contribution in [-0.4, -0.2) is 11.8 Å². The molecule has 0 saturated heterocycles. The number of rotatable bonds is 4. The minimum atomic E-state index is -0.481. The van der Waals surface area contributed by atoms with Crippen molar-refractivity contribution < 1.29 is 9.59 Å². The summed E-state index contributed by atoms with van der Waals surface area (Å²) in [6.07, 6.45) is 5.69. The van der Waals surface area contributed by atoms with Crippen molar-refractivity contribution in [2.24, 2.45) is 11.5 Å². The van der Waals surface area contributed by atoms with E-state index in [1.807, 2.05) is 37.3 Å². The molecule has 0 aromatic heterocycles. The second kappa shape index (κ2) is 25.6. The molecule has 0 spiro atoms. The lowest BCUT2D eigenvalue weighted by Crippen LogP contribution is -2.10. The van der Waals surface area contributed by atoms with Gasteiger partial charge < -0.3 is 11.5 Å². The quantitative estimate of drug-likeness (QED) is 0.420. The van der Waals surface area contributed by atoms with Crippen molar-refractivity contribution in [3.8, 4) is 12.1 Å². The molecule has 2 amide bonds. The van der Waals surface area contributed by atoms with Gasteiger partial charge in [-0.15, -0.1) is 0 Å². The van der Waals surface area contributed by atoms with E-state index in [0.717, 1.165) is 6.08 Å². The topological polar surface area (TPSA) is 134 Å². The van der Waals surface area contributed by atoms with Gasteiger partial charge in [-0.05, 0) is 38.0 Å². The minimum absolute atomic E-state index is 0.398. The molecule has 1 aromatic carbocycles. The fraction of sp³-hybridized carbons (Fsp3) is 0.120. The zero-order valence-corrected chi connectivity index (χ0v) is 18.5. The smallest absolute Gasteiger partial charge is 0.243 e. The lowest BCUT2D eigenvalue weighted by Gasteiger charge is -1.97. The normalized spacial score (nSPS) is 7.84. The van der Waals surface area contributed by atoms with Crippen LogP contribution in [0.4, 0.5) is 0 Å². The van der Waals surface area contributed by atoms with E-state index in [-0.39, 0.29) is 0 Å². The summed E-state index contributed by atoms with van der Waals surface area (Å²) in [5, 5.41) is 15.3. The highest BCUT2D eigenvalue weighted by Gasteiger charge is 1.89. The van der Waals surface area contributed by atoms with Gasteiger partial charge in [-0.3, -0.25) is 9.59 Å². The Balaban J connectivity index is -0.000000158. The lowest BCUT2D eigenvalue weighted by atomic mass is 10.1. The monoisotopic (exact) mass is 419 g/mol. The van der Waals surface area contributed by atoms with Crippen LogP contribution in [0.3, 0.4) is 0 Å². The summed E-state index contributed by atoms with van der Waals surface area (Å²) >= 11 is 0. The maximum atomic E-state index is 9.82. The molecule has 0 aliphatic carbocycles. The van der Waals surface area contributed by atoms with E-state index < -0.39 is 11.8 Å². The second-order valence-corrected chi connectivity index (χ2v) is 5.38. The fourth-order valence-electron chi connectivity index (χ4n) is 0.942. The van der Waals surface area contributed by atoms with E-state index in [1.165, 1.54) is 17.2 Å². The van der Waals surface area contributed by atoms with Crippen molar-refractivity contribution >= 4 is 17.4 Å². The first-order valence-corrected chi connectivity index (χ1v) is 8.65. The maximum Gasteiger partial charge on any atom is 0.243 e. The third kappa shape index (κ3) is 37.1. The highest BCUT2D eigenvalue weighted by Crippen LogP contribution is 2.11. The summed E-state index contributed by atoms with van der Waals surface area (Å²) in [6.45, 7) is 23.3. The lowest BCUT2D eigenvalue weighted by molar-refractivity contribution is -0.115. The van der Waals surface area contributed by atoms with Gasteiger partial charge in [0.05, 0.1) is 12.1 Å².